The first-order valence-corrected chi connectivity index (χ1v) is 7.22. The van der Waals surface area contributed by atoms with E-state index >= 15 is 0 Å². The van der Waals surface area contributed by atoms with Gasteiger partial charge in [-0.15, -0.1) is 0 Å². The van der Waals surface area contributed by atoms with Crippen LogP contribution in [0.15, 0.2) is 30.0 Å². The van der Waals surface area contributed by atoms with Crippen molar-refractivity contribution in [2.24, 2.45) is 5.73 Å². The van der Waals surface area contributed by atoms with Gasteiger partial charge in [-0.3, -0.25) is 4.98 Å². The fourth-order valence-corrected chi connectivity index (χ4v) is 3.40. The summed E-state index contributed by atoms with van der Waals surface area (Å²) in [6.07, 6.45) is 12.9. The quantitative estimate of drug-likeness (QED) is 0.826. The van der Waals surface area contributed by atoms with Crippen molar-refractivity contribution in [3.63, 3.8) is 0 Å². The minimum absolute atomic E-state index is 0.255. The fraction of sp³-hybridized carbons (Fsp3) is 0.562. The predicted molar refractivity (Wildman–Crippen MR) is 74.4 cm³/mol. The van der Waals surface area contributed by atoms with Crippen LogP contribution in [0.2, 0.25) is 0 Å². The summed E-state index contributed by atoms with van der Waals surface area (Å²) in [6.45, 7) is 0. The van der Waals surface area contributed by atoms with Crippen molar-refractivity contribution in [2.75, 3.05) is 0 Å². The van der Waals surface area contributed by atoms with E-state index in [4.69, 9.17) is 5.73 Å². The van der Waals surface area contributed by atoms with Crippen LogP contribution in [-0.2, 0) is 6.42 Å². The van der Waals surface area contributed by atoms with Crippen molar-refractivity contribution < 1.29 is 0 Å². The summed E-state index contributed by atoms with van der Waals surface area (Å²) < 4.78 is 0. The summed E-state index contributed by atoms with van der Waals surface area (Å²) in [4.78, 5) is 4.56. The molecule has 0 spiro atoms. The van der Waals surface area contributed by atoms with Crippen LogP contribution in [0.5, 0.6) is 0 Å². The molecule has 2 N–H and O–H groups in total. The van der Waals surface area contributed by atoms with Crippen LogP contribution >= 0.6 is 0 Å². The summed E-state index contributed by atoms with van der Waals surface area (Å²) in [6, 6.07) is 4.50. The molecule has 2 nitrogen and oxygen atoms in total. The number of aryl methyl sites for hydroxylation is 1. The van der Waals surface area contributed by atoms with Crippen LogP contribution in [0.3, 0.4) is 0 Å². The molecule has 0 radical (unpaired) electrons. The Morgan fingerprint density at radius 2 is 2.28 bits per heavy atom. The van der Waals surface area contributed by atoms with Crippen LogP contribution in [0, 0.1) is 0 Å². The highest BCUT2D eigenvalue weighted by molar-refractivity contribution is 5.30. The smallest absolute Gasteiger partial charge is 0.0482 e. The molecule has 96 valence electrons. The van der Waals surface area contributed by atoms with E-state index in [1.165, 1.54) is 43.4 Å². The number of hydrogen-bond acceptors (Lipinski definition) is 2. The maximum Gasteiger partial charge on any atom is 0.0482 e. The second-order valence-electron chi connectivity index (χ2n) is 5.67. The molecule has 0 amide bonds. The zero-order valence-electron chi connectivity index (χ0n) is 10.9. The molecule has 0 aliphatic heterocycles. The van der Waals surface area contributed by atoms with Gasteiger partial charge in [0.2, 0.25) is 0 Å². The number of rotatable bonds is 3. The number of nitrogens with zero attached hydrogens (tertiary/aromatic N) is 1. The average molecular weight is 242 g/mol. The molecule has 3 rings (SSSR count). The molecular weight excluding hydrogens is 220 g/mol. The first kappa shape index (κ1) is 11.9. The third-order valence-electron chi connectivity index (χ3n) is 4.40. The standard InChI is InChI=1S/C16H22N2/c17-15(11-12-5-2-1-3-6-12)14-9-8-13-7-4-10-18-16(13)14/h4-5,7,10,14-15H,1-3,6,8-9,11,17H2. The SMILES string of the molecule is NC(CC1=CCCCC1)C1CCc2cccnc21. The lowest BCUT2D eigenvalue weighted by molar-refractivity contribution is 0.502. The number of allylic oxidation sites excluding steroid dienone is 1. The van der Waals surface area contributed by atoms with Gasteiger partial charge in [-0.25, -0.2) is 0 Å². The number of nitrogens with two attached hydrogens (primary N) is 1. The summed E-state index contributed by atoms with van der Waals surface area (Å²) in [5.41, 5.74) is 10.7. The number of pyridine rings is 1. The Balaban J connectivity index is 1.70. The summed E-state index contributed by atoms with van der Waals surface area (Å²) in [7, 11) is 0. The van der Waals surface area contributed by atoms with Crippen molar-refractivity contribution in [2.45, 2.75) is 56.9 Å². The van der Waals surface area contributed by atoms with Crippen molar-refractivity contribution in [3.8, 4) is 0 Å². The molecule has 1 heterocycles. The minimum Gasteiger partial charge on any atom is -0.327 e. The Bertz CT molecular complexity index is 450. The molecule has 0 fully saturated rings. The molecule has 18 heavy (non-hydrogen) atoms. The third-order valence-corrected chi connectivity index (χ3v) is 4.40. The van der Waals surface area contributed by atoms with E-state index in [-0.39, 0.29) is 6.04 Å². The molecule has 1 aromatic heterocycles. The monoisotopic (exact) mass is 242 g/mol. The van der Waals surface area contributed by atoms with E-state index < -0.39 is 0 Å². The van der Waals surface area contributed by atoms with Gasteiger partial charge < -0.3 is 5.73 Å². The Kier molecular flexibility index (Phi) is 3.46. The van der Waals surface area contributed by atoms with Crippen molar-refractivity contribution in [1.29, 1.82) is 0 Å². The lowest BCUT2D eigenvalue weighted by Gasteiger charge is -2.22. The summed E-state index contributed by atoms with van der Waals surface area (Å²) in [5.74, 6) is 0.476. The van der Waals surface area contributed by atoms with Crippen LogP contribution in [-0.4, -0.2) is 11.0 Å². The van der Waals surface area contributed by atoms with E-state index in [9.17, 15) is 0 Å². The van der Waals surface area contributed by atoms with Gasteiger partial charge in [0.05, 0.1) is 0 Å². The second-order valence-corrected chi connectivity index (χ2v) is 5.67. The number of fused-ring (bicyclic) bond motifs is 1. The molecule has 0 aromatic carbocycles. The predicted octanol–water partition coefficient (Wildman–Crippen LogP) is 3.33. The molecule has 2 unspecified atom stereocenters. The lowest BCUT2D eigenvalue weighted by Crippen LogP contribution is -2.28. The highest BCUT2D eigenvalue weighted by atomic mass is 14.7. The molecule has 1 aromatic rings. The highest BCUT2D eigenvalue weighted by Crippen LogP contribution is 2.35. The van der Waals surface area contributed by atoms with Crippen LogP contribution in [0.4, 0.5) is 0 Å². The van der Waals surface area contributed by atoms with Gasteiger partial charge in [0.15, 0.2) is 0 Å². The molecule has 2 aliphatic rings. The van der Waals surface area contributed by atoms with Gasteiger partial charge in [0.25, 0.3) is 0 Å². The van der Waals surface area contributed by atoms with Gasteiger partial charge in [0, 0.05) is 23.9 Å². The molecule has 0 bridgehead atoms. The average Bonchev–Trinajstić information content (AvgIpc) is 2.84. The van der Waals surface area contributed by atoms with E-state index in [0.717, 1.165) is 12.8 Å². The summed E-state index contributed by atoms with van der Waals surface area (Å²) in [5, 5.41) is 0. The van der Waals surface area contributed by atoms with Gasteiger partial charge >= 0.3 is 0 Å². The normalized spacial score (nSPS) is 24.5. The molecule has 0 saturated carbocycles. The first-order chi connectivity index (χ1) is 8.84. The van der Waals surface area contributed by atoms with E-state index in [0.29, 0.717) is 5.92 Å². The third kappa shape index (κ3) is 2.35. The topological polar surface area (TPSA) is 38.9 Å². The van der Waals surface area contributed by atoms with Crippen molar-refractivity contribution >= 4 is 0 Å². The molecule has 2 aliphatic carbocycles. The van der Waals surface area contributed by atoms with Gasteiger partial charge in [-0.05, 0) is 56.6 Å². The fourth-order valence-electron chi connectivity index (χ4n) is 3.40. The largest absolute Gasteiger partial charge is 0.327 e. The van der Waals surface area contributed by atoms with Crippen LogP contribution in [0.1, 0.15) is 55.7 Å². The minimum atomic E-state index is 0.255. The van der Waals surface area contributed by atoms with Gasteiger partial charge in [-0.2, -0.15) is 0 Å². The maximum atomic E-state index is 6.44. The number of hydrogen-bond donors (Lipinski definition) is 1. The molecule has 0 saturated heterocycles. The van der Waals surface area contributed by atoms with Crippen LogP contribution in [0.25, 0.3) is 0 Å². The Labute approximate surface area is 109 Å². The van der Waals surface area contributed by atoms with Crippen LogP contribution < -0.4 is 5.73 Å². The summed E-state index contributed by atoms with van der Waals surface area (Å²) >= 11 is 0. The van der Waals surface area contributed by atoms with Gasteiger partial charge in [-0.1, -0.05) is 17.7 Å². The van der Waals surface area contributed by atoms with E-state index in [1.807, 2.05) is 12.3 Å². The van der Waals surface area contributed by atoms with Crippen molar-refractivity contribution in [1.82, 2.24) is 4.98 Å². The molecular formula is C16H22N2. The molecule has 2 atom stereocenters. The highest BCUT2D eigenvalue weighted by Gasteiger charge is 2.29. The van der Waals surface area contributed by atoms with E-state index in [2.05, 4.69) is 17.1 Å². The Morgan fingerprint density at radius 1 is 1.33 bits per heavy atom. The lowest BCUT2D eigenvalue weighted by atomic mass is 9.88. The zero-order valence-corrected chi connectivity index (χ0v) is 10.9. The maximum absolute atomic E-state index is 6.44. The molecule has 2 heteroatoms. The Hall–Kier alpha value is -1.15. The zero-order chi connectivity index (χ0) is 12.4. The Morgan fingerprint density at radius 3 is 3.11 bits per heavy atom. The number of aromatic nitrogens is 1. The van der Waals surface area contributed by atoms with E-state index in [1.54, 1.807) is 5.57 Å². The first-order valence-electron chi connectivity index (χ1n) is 7.22. The van der Waals surface area contributed by atoms with Gasteiger partial charge in [0.1, 0.15) is 0 Å². The second kappa shape index (κ2) is 5.23. The van der Waals surface area contributed by atoms with Crippen molar-refractivity contribution in [3.05, 3.63) is 41.2 Å².